The van der Waals surface area contributed by atoms with Crippen LogP contribution in [0.25, 0.3) is 0 Å². The van der Waals surface area contributed by atoms with Crippen molar-refractivity contribution in [3.8, 4) is 0 Å². The van der Waals surface area contributed by atoms with Crippen molar-refractivity contribution >= 4 is 5.91 Å². The second-order valence-electron chi connectivity index (χ2n) is 7.47. The first-order valence-corrected chi connectivity index (χ1v) is 9.62. The largest absolute Gasteiger partial charge is 0.392 e. The molecule has 1 aliphatic carbocycles. The van der Waals surface area contributed by atoms with Crippen molar-refractivity contribution in [2.24, 2.45) is 5.92 Å². The Morgan fingerprint density at radius 2 is 2.08 bits per heavy atom. The predicted octanol–water partition coefficient (Wildman–Crippen LogP) is 2.15. The van der Waals surface area contributed by atoms with Crippen LogP contribution >= 0.6 is 0 Å². The highest BCUT2D eigenvalue weighted by molar-refractivity contribution is 5.94. The smallest absolute Gasteiger partial charge is 0.253 e. The average Bonchev–Trinajstić information content (AvgIpc) is 3.45. The van der Waals surface area contributed by atoms with Gasteiger partial charge >= 0.3 is 0 Å². The van der Waals surface area contributed by atoms with E-state index in [2.05, 4.69) is 4.90 Å². The van der Waals surface area contributed by atoms with Gasteiger partial charge in [0.05, 0.1) is 18.8 Å². The Kier molecular flexibility index (Phi) is 6.62. The van der Waals surface area contributed by atoms with Gasteiger partial charge in [0.15, 0.2) is 0 Å². The standard InChI is InChI=1S/C20H29FN2O3/c1-2-18(24)12-22-9-10-26-19(13-22)14-23(11-15-3-4-15)20(25)16-5-7-17(21)8-6-16/h5-8,15,18-19,24H,2-4,9-14H2,1H3. The van der Waals surface area contributed by atoms with Gasteiger partial charge in [-0.05, 0) is 49.4 Å². The molecule has 0 spiro atoms. The normalized spacial score (nSPS) is 22.2. The number of benzene rings is 1. The zero-order valence-corrected chi connectivity index (χ0v) is 15.4. The van der Waals surface area contributed by atoms with Gasteiger partial charge in [-0.3, -0.25) is 9.69 Å². The van der Waals surface area contributed by atoms with Gasteiger partial charge in [0.1, 0.15) is 5.82 Å². The summed E-state index contributed by atoms with van der Waals surface area (Å²) in [6.45, 7) is 6.02. The number of carbonyl (C=O) groups is 1. The number of halogens is 1. The molecule has 1 N–H and O–H groups in total. The average molecular weight is 364 g/mol. The van der Waals surface area contributed by atoms with Gasteiger partial charge in [0.2, 0.25) is 0 Å². The number of carbonyl (C=O) groups excluding carboxylic acids is 1. The number of amides is 1. The van der Waals surface area contributed by atoms with E-state index in [1.165, 1.54) is 12.1 Å². The lowest BCUT2D eigenvalue weighted by Crippen LogP contribution is -2.50. The Hall–Kier alpha value is -1.50. The van der Waals surface area contributed by atoms with Crippen LogP contribution < -0.4 is 0 Å². The van der Waals surface area contributed by atoms with Crippen LogP contribution in [0.15, 0.2) is 24.3 Å². The van der Waals surface area contributed by atoms with E-state index in [1.807, 2.05) is 11.8 Å². The molecule has 1 aromatic rings. The van der Waals surface area contributed by atoms with Crippen molar-refractivity contribution < 1.29 is 19.0 Å². The fraction of sp³-hybridized carbons (Fsp3) is 0.650. The molecule has 1 aromatic carbocycles. The number of morpholine rings is 1. The number of aliphatic hydroxyl groups excluding tert-OH is 1. The maximum Gasteiger partial charge on any atom is 0.253 e. The van der Waals surface area contributed by atoms with Gasteiger partial charge in [-0.1, -0.05) is 6.92 Å². The van der Waals surface area contributed by atoms with Gasteiger partial charge in [0, 0.05) is 38.3 Å². The molecule has 5 nitrogen and oxygen atoms in total. The summed E-state index contributed by atoms with van der Waals surface area (Å²) in [7, 11) is 0. The minimum absolute atomic E-state index is 0.0593. The highest BCUT2D eigenvalue weighted by Gasteiger charge is 2.31. The molecule has 6 heteroatoms. The summed E-state index contributed by atoms with van der Waals surface area (Å²) >= 11 is 0. The molecule has 3 rings (SSSR count). The first kappa shape index (κ1) is 19.3. The zero-order chi connectivity index (χ0) is 18.5. The topological polar surface area (TPSA) is 53.0 Å². The molecule has 1 aliphatic heterocycles. The molecule has 2 aliphatic rings. The lowest BCUT2D eigenvalue weighted by molar-refractivity contribution is -0.0509. The fourth-order valence-corrected chi connectivity index (χ4v) is 3.36. The van der Waals surface area contributed by atoms with Gasteiger partial charge in [-0.2, -0.15) is 0 Å². The Bertz CT molecular complexity index is 591. The number of ether oxygens (including phenoxy) is 1. The van der Waals surface area contributed by atoms with Gasteiger partial charge in [-0.25, -0.2) is 4.39 Å². The van der Waals surface area contributed by atoms with E-state index in [-0.39, 0.29) is 23.9 Å². The van der Waals surface area contributed by atoms with Crippen molar-refractivity contribution in [3.63, 3.8) is 0 Å². The first-order valence-electron chi connectivity index (χ1n) is 9.62. The van der Waals surface area contributed by atoms with E-state index in [0.717, 1.165) is 38.9 Å². The van der Waals surface area contributed by atoms with Crippen LogP contribution in [-0.2, 0) is 4.74 Å². The molecule has 2 unspecified atom stereocenters. The molecule has 0 aromatic heterocycles. The van der Waals surface area contributed by atoms with Crippen molar-refractivity contribution in [1.82, 2.24) is 9.80 Å². The molecule has 26 heavy (non-hydrogen) atoms. The molecule has 144 valence electrons. The van der Waals surface area contributed by atoms with E-state index < -0.39 is 0 Å². The van der Waals surface area contributed by atoms with Crippen LogP contribution in [0.2, 0.25) is 0 Å². The minimum Gasteiger partial charge on any atom is -0.392 e. The van der Waals surface area contributed by atoms with Gasteiger partial charge in [0.25, 0.3) is 5.91 Å². The maximum atomic E-state index is 13.1. The van der Waals surface area contributed by atoms with Crippen molar-refractivity contribution in [2.75, 3.05) is 39.3 Å². The molecule has 0 radical (unpaired) electrons. The van der Waals surface area contributed by atoms with E-state index in [4.69, 9.17) is 4.74 Å². The van der Waals surface area contributed by atoms with Crippen molar-refractivity contribution in [1.29, 1.82) is 0 Å². The summed E-state index contributed by atoms with van der Waals surface area (Å²) in [5, 5.41) is 9.89. The summed E-state index contributed by atoms with van der Waals surface area (Å²) in [5.41, 5.74) is 0.515. The molecule has 1 saturated heterocycles. The summed E-state index contributed by atoms with van der Waals surface area (Å²) in [5.74, 6) is 0.170. The molecule has 1 amide bonds. The molecular formula is C20H29FN2O3. The third-order valence-electron chi connectivity index (χ3n) is 5.14. The third kappa shape index (κ3) is 5.50. The molecule has 2 fully saturated rings. The lowest BCUT2D eigenvalue weighted by Gasteiger charge is -2.36. The van der Waals surface area contributed by atoms with Crippen LogP contribution in [0.4, 0.5) is 4.39 Å². The quantitative estimate of drug-likeness (QED) is 0.768. The highest BCUT2D eigenvalue weighted by Crippen LogP contribution is 2.30. The first-order chi connectivity index (χ1) is 12.5. The second-order valence-corrected chi connectivity index (χ2v) is 7.47. The molecular weight excluding hydrogens is 335 g/mol. The van der Waals surface area contributed by atoms with E-state index in [9.17, 15) is 14.3 Å². The van der Waals surface area contributed by atoms with Crippen LogP contribution in [0.5, 0.6) is 0 Å². The monoisotopic (exact) mass is 364 g/mol. The summed E-state index contributed by atoms with van der Waals surface area (Å²) in [6, 6.07) is 5.74. The Balaban J connectivity index is 1.62. The molecule has 0 bridgehead atoms. The summed E-state index contributed by atoms with van der Waals surface area (Å²) in [4.78, 5) is 17.0. The van der Waals surface area contributed by atoms with Gasteiger partial charge in [-0.15, -0.1) is 0 Å². The Morgan fingerprint density at radius 1 is 1.35 bits per heavy atom. The fourth-order valence-electron chi connectivity index (χ4n) is 3.36. The highest BCUT2D eigenvalue weighted by atomic mass is 19.1. The van der Waals surface area contributed by atoms with Crippen LogP contribution in [0.3, 0.4) is 0 Å². The maximum absolute atomic E-state index is 13.1. The number of hydrogen-bond donors (Lipinski definition) is 1. The Labute approximate surface area is 154 Å². The van der Waals surface area contributed by atoms with E-state index >= 15 is 0 Å². The molecule has 2 atom stereocenters. The van der Waals surface area contributed by atoms with E-state index in [0.29, 0.717) is 31.2 Å². The van der Waals surface area contributed by atoms with Gasteiger partial charge < -0.3 is 14.7 Å². The van der Waals surface area contributed by atoms with E-state index in [1.54, 1.807) is 12.1 Å². The van der Waals surface area contributed by atoms with Crippen molar-refractivity contribution in [3.05, 3.63) is 35.6 Å². The number of nitrogens with zero attached hydrogens (tertiary/aromatic N) is 2. The third-order valence-corrected chi connectivity index (χ3v) is 5.14. The van der Waals surface area contributed by atoms with Crippen LogP contribution in [0, 0.1) is 11.7 Å². The molecule has 1 heterocycles. The number of aliphatic hydroxyl groups is 1. The zero-order valence-electron chi connectivity index (χ0n) is 15.4. The van der Waals surface area contributed by atoms with Crippen LogP contribution in [0.1, 0.15) is 36.5 Å². The van der Waals surface area contributed by atoms with Crippen LogP contribution in [-0.4, -0.2) is 72.4 Å². The lowest BCUT2D eigenvalue weighted by atomic mass is 10.1. The second kappa shape index (κ2) is 8.93. The Morgan fingerprint density at radius 3 is 2.73 bits per heavy atom. The molecule has 1 saturated carbocycles. The summed E-state index contributed by atoms with van der Waals surface area (Å²) < 4.78 is 19.0. The number of rotatable bonds is 8. The summed E-state index contributed by atoms with van der Waals surface area (Å²) in [6.07, 6.45) is 2.67. The SMILES string of the molecule is CCC(O)CN1CCOC(CN(CC2CC2)C(=O)c2ccc(F)cc2)C1. The van der Waals surface area contributed by atoms with Crippen molar-refractivity contribution in [2.45, 2.75) is 38.4 Å². The number of hydrogen-bond acceptors (Lipinski definition) is 4. The predicted molar refractivity (Wildman–Crippen MR) is 97.5 cm³/mol. The number of β-amino-alcohol motifs (C(OH)–C–C–N with tert-alkyl or cyclic N) is 1. The minimum atomic E-state index is -0.337.